The molecule has 1 atom stereocenters. The highest BCUT2D eigenvalue weighted by Crippen LogP contribution is 2.26. The topological polar surface area (TPSA) is 55.4 Å². The van der Waals surface area contributed by atoms with Gasteiger partial charge in [0.05, 0.1) is 7.11 Å². The molecule has 0 aliphatic carbocycles. The van der Waals surface area contributed by atoms with Crippen LogP contribution in [0.5, 0.6) is 0 Å². The molecule has 4 nitrogen and oxygen atoms in total. The smallest absolute Gasteiger partial charge is 0.329 e. The Labute approximate surface area is 141 Å². The van der Waals surface area contributed by atoms with E-state index in [0.29, 0.717) is 11.3 Å². The Hall–Kier alpha value is -1.53. The summed E-state index contributed by atoms with van der Waals surface area (Å²) in [6.45, 7) is 0. The van der Waals surface area contributed by atoms with E-state index in [4.69, 9.17) is 4.74 Å². The summed E-state index contributed by atoms with van der Waals surface area (Å²) in [7, 11) is 1.32. The normalized spacial score (nSPS) is 12.0. The number of methoxy groups -OCH3 is 1. The third kappa shape index (κ3) is 3.62. The van der Waals surface area contributed by atoms with E-state index in [9.17, 15) is 9.59 Å². The standard InChI is InChI=1S/C16H16BrNO3S/c1-21-16(20)14(9-22-2)18-15(19)12-7-8-13(17)11-6-4-3-5-10(11)12/h3-8,14H,9H2,1-2H3,(H,18,19)/t14-/m0/s1. The molecule has 2 aromatic carbocycles. The SMILES string of the molecule is COC(=O)[C@H](CSC)NC(=O)c1ccc(Br)c2ccccc12. The zero-order valence-electron chi connectivity index (χ0n) is 12.3. The van der Waals surface area contributed by atoms with Crippen molar-refractivity contribution >= 4 is 50.3 Å². The Kier molecular flexibility index (Phi) is 5.85. The van der Waals surface area contributed by atoms with Crippen molar-refractivity contribution in [3.63, 3.8) is 0 Å². The maximum atomic E-state index is 12.5. The fourth-order valence-electron chi connectivity index (χ4n) is 2.17. The molecule has 0 saturated heterocycles. The minimum Gasteiger partial charge on any atom is -0.467 e. The Bertz CT molecular complexity index is 705. The zero-order chi connectivity index (χ0) is 16.1. The van der Waals surface area contributed by atoms with Crippen molar-refractivity contribution in [2.24, 2.45) is 0 Å². The summed E-state index contributed by atoms with van der Waals surface area (Å²) in [6.07, 6.45) is 1.87. The van der Waals surface area contributed by atoms with Gasteiger partial charge >= 0.3 is 5.97 Å². The summed E-state index contributed by atoms with van der Waals surface area (Å²) in [5.41, 5.74) is 0.536. The highest BCUT2D eigenvalue weighted by Gasteiger charge is 2.22. The molecule has 0 aliphatic rings. The molecule has 116 valence electrons. The summed E-state index contributed by atoms with van der Waals surface area (Å²) in [5, 5.41) is 4.54. The minimum atomic E-state index is -0.657. The fraction of sp³-hybridized carbons (Fsp3) is 0.250. The van der Waals surface area contributed by atoms with Crippen molar-refractivity contribution in [1.29, 1.82) is 0 Å². The molecule has 1 N–H and O–H groups in total. The van der Waals surface area contributed by atoms with Crippen LogP contribution in [0, 0.1) is 0 Å². The number of fused-ring (bicyclic) bond motifs is 1. The second-order valence-electron chi connectivity index (χ2n) is 4.65. The van der Waals surface area contributed by atoms with E-state index in [-0.39, 0.29) is 5.91 Å². The number of amides is 1. The largest absolute Gasteiger partial charge is 0.467 e. The van der Waals surface area contributed by atoms with Gasteiger partial charge in [0.1, 0.15) is 6.04 Å². The van der Waals surface area contributed by atoms with Crippen molar-refractivity contribution in [3.05, 3.63) is 46.4 Å². The van der Waals surface area contributed by atoms with Crippen LogP contribution in [-0.2, 0) is 9.53 Å². The first-order valence-electron chi connectivity index (χ1n) is 6.63. The van der Waals surface area contributed by atoms with Crippen LogP contribution in [0.25, 0.3) is 10.8 Å². The number of ether oxygens (including phenoxy) is 1. The molecule has 2 rings (SSSR count). The quantitative estimate of drug-likeness (QED) is 0.807. The number of carbonyl (C=O) groups is 2. The molecule has 0 saturated carbocycles. The van der Waals surface area contributed by atoms with Crippen molar-refractivity contribution in [1.82, 2.24) is 5.32 Å². The Morgan fingerprint density at radius 3 is 2.55 bits per heavy atom. The minimum absolute atomic E-state index is 0.284. The van der Waals surface area contributed by atoms with Gasteiger partial charge in [-0.05, 0) is 29.2 Å². The van der Waals surface area contributed by atoms with Crippen molar-refractivity contribution in [2.75, 3.05) is 19.1 Å². The zero-order valence-corrected chi connectivity index (χ0v) is 14.7. The fourth-order valence-corrected chi connectivity index (χ4v) is 3.20. The number of nitrogens with one attached hydrogen (secondary N) is 1. The predicted octanol–water partition coefficient (Wildman–Crippen LogP) is 3.24. The lowest BCUT2D eigenvalue weighted by Gasteiger charge is -2.16. The van der Waals surface area contributed by atoms with Crippen molar-refractivity contribution in [2.45, 2.75) is 6.04 Å². The number of hydrogen-bond donors (Lipinski definition) is 1. The molecule has 0 fully saturated rings. The summed E-state index contributed by atoms with van der Waals surface area (Å²) >= 11 is 4.95. The molecule has 0 unspecified atom stereocenters. The Morgan fingerprint density at radius 1 is 1.23 bits per heavy atom. The molecule has 0 bridgehead atoms. The van der Waals surface area contributed by atoms with Crippen LogP contribution in [0.3, 0.4) is 0 Å². The van der Waals surface area contributed by atoms with Crippen LogP contribution >= 0.6 is 27.7 Å². The molecule has 0 aromatic heterocycles. The average Bonchev–Trinajstić information content (AvgIpc) is 2.54. The molecule has 0 radical (unpaired) electrons. The summed E-state index contributed by atoms with van der Waals surface area (Å²) in [6, 6.07) is 10.5. The Balaban J connectivity index is 2.33. The molecular weight excluding hydrogens is 366 g/mol. The van der Waals surface area contributed by atoms with E-state index < -0.39 is 12.0 Å². The van der Waals surface area contributed by atoms with Gasteiger partial charge in [0, 0.05) is 15.8 Å². The van der Waals surface area contributed by atoms with Crippen molar-refractivity contribution in [3.8, 4) is 0 Å². The van der Waals surface area contributed by atoms with Gasteiger partial charge < -0.3 is 10.1 Å². The van der Waals surface area contributed by atoms with E-state index >= 15 is 0 Å². The number of thioether (sulfide) groups is 1. The van der Waals surface area contributed by atoms with E-state index in [1.54, 1.807) is 6.07 Å². The van der Waals surface area contributed by atoms with Gasteiger partial charge in [-0.1, -0.05) is 40.2 Å². The molecule has 1 amide bonds. The third-order valence-electron chi connectivity index (χ3n) is 3.24. The van der Waals surface area contributed by atoms with Gasteiger partial charge in [-0.3, -0.25) is 4.79 Å². The Morgan fingerprint density at radius 2 is 1.91 bits per heavy atom. The number of halogens is 1. The lowest BCUT2D eigenvalue weighted by molar-refractivity contribution is -0.142. The second-order valence-corrected chi connectivity index (χ2v) is 6.41. The van der Waals surface area contributed by atoms with E-state index in [1.807, 2.05) is 36.6 Å². The van der Waals surface area contributed by atoms with Crippen molar-refractivity contribution < 1.29 is 14.3 Å². The number of rotatable bonds is 5. The molecule has 0 heterocycles. The van der Waals surface area contributed by atoms with Gasteiger partial charge in [0.25, 0.3) is 5.91 Å². The lowest BCUT2D eigenvalue weighted by Crippen LogP contribution is -2.43. The highest BCUT2D eigenvalue weighted by molar-refractivity contribution is 9.10. The highest BCUT2D eigenvalue weighted by atomic mass is 79.9. The molecule has 6 heteroatoms. The molecule has 2 aromatic rings. The van der Waals surface area contributed by atoms with E-state index in [2.05, 4.69) is 21.2 Å². The van der Waals surface area contributed by atoms with Crippen LogP contribution in [0.4, 0.5) is 0 Å². The van der Waals surface area contributed by atoms with Gasteiger partial charge in [0.2, 0.25) is 0 Å². The first-order chi connectivity index (χ1) is 10.6. The van der Waals surface area contributed by atoms with E-state index in [1.165, 1.54) is 18.9 Å². The van der Waals surface area contributed by atoms with Crippen LogP contribution in [0.1, 0.15) is 10.4 Å². The molecule has 0 spiro atoms. The number of benzene rings is 2. The lowest BCUT2D eigenvalue weighted by atomic mass is 10.0. The van der Waals surface area contributed by atoms with Crippen LogP contribution in [0.2, 0.25) is 0 Å². The van der Waals surface area contributed by atoms with Gasteiger partial charge in [-0.25, -0.2) is 4.79 Å². The monoisotopic (exact) mass is 381 g/mol. The maximum absolute atomic E-state index is 12.5. The molecule has 22 heavy (non-hydrogen) atoms. The summed E-state index contributed by atoms with van der Waals surface area (Å²) in [5.74, 6) is -0.260. The first kappa shape index (κ1) is 16.8. The maximum Gasteiger partial charge on any atom is 0.329 e. The van der Waals surface area contributed by atoms with Gasteiger partial charge in [-0.2, -0.15) is 11.8 Å². The predicted molar refractivity (Wildman–Crippen MR) is 93.3 cm³/mol. The van der Waals surface area contributed by atoms with Crippen LogP contribution in [0.15, 0.2) is 40.9 Å². The summed E-state index contributed by atoms with van der Waals surface area (Å²) in [4.78, 5) is 24.3. The van der Waals surface area contributed by atoms with Gasteiger partial charge in [-0.15, -0.1) is 0 Å². The summed E-state index contributed by atoms with van der Waals surface area (Å²) < 4.78 is 5.66. The number of hydrogen-bond acceptors (Lipinski definition) is 4. The van der Waals surface area contributed by atoms with E-state index in [0.717, 1.165) is 15.2 Å². The first-order valence-corrected chi connectivity index (χ1v) is 8.82. The third-order valence-corrected chi connectivity index (χ3v) is 4.60. The van der Waals surface area contributed by atoms with Crippen LogP contribution in [-0.4, -0.2) is 37.0 Å². The molecule has 0 aliphatic heterocycles. The average molecular weight is 382 g/mol. The number of esters is 1. The number of carbonyl (C=O) groups excluding carboxylic acids is 2. The van der Waals surface area contributed by atoms with Gasteiger partial charge in [0.15, 0.2) is 0 Å². The second kappa shape index (κ2) is 7.65. The molecular formula is C16H16BrNO3S. The van der Waals surface area contributed by atoms with Crippen LogP contribution < -0.4 is 5.32 Å².